The predicted molar refractivity (Wildman–Crippen MR) is 98.6 cm³/mol. The molecule has 2 N–H and O–H groups in total. The van der Waals surface area contributed by atoms with Crippen LogP contribution >= 0.6 is 11.8 Å². The van der Waals surface area contributed by atoms with E-state index in [9.17, 15) is 9.59 Å². The zero-order valence-electron chi connectivity index (χ0n) is 14.6. The van der Waals surface area contributed by atoms with Crippen LogP contribution in [0.4, 0.5) is 0 Å². The molecule has 0 radical (unpaired) electrons. The highest BCUT2D eigenvalue weighted by Gasteiger charge is 2.23. The van der Waals surface area contributed by atoms with Gasteiger partial charge in [-0.05, 0) is 19.1 Å². The Labute approximate surface area is 159 Å². The second-order valence-electron chi connectivity index (χ2n) is 5.50. The summed E-state index contributed by atoms with van der Waals surface area (Å²) in [6.07, 6.45) is 0.434. The van der Waals surface area contributed by atoms with E-state index in [-0.39, 0.29) is 5.75 Å². The van der Waals surface area contributed by atoms with Crippen molar-refractivity contribution in [1.82, 2.24) is 14.8 Å². The Hall–Kier alpha value is -3.07. The standard InChI is InChI=1S/C18H18N4O4S/c1-2-22-17(13-9-6-10-25-13)20-21-18(22)27-11-14(23)26-15(16(19)24)12-7-4-3-5-8-12/h3-10,15H,2,11H2,1H3,(H2,19,24). The van der Waals surface area contributed by atoms with Crippen molar-refractivity contribution in [2.45, 2.75) is 24.7 Å². The maximum absolute atomic E-state index is 12.2. The molecule has 0 aliphatic rings. The highest BCUT2D eigenvalue weighted by molar-refractivity contribution is 7.99. The van der Waals surface area contributed by atoms with Crippen LogP contribution in [0.1, 0.15) is 18.6 Å². The van der Waals surface area contributed by atoms with Crippen LogP contribution in [0.5, 0.6) is 0 Å². The number of benzene rings is 1. The van der Waals surface area contributed by atoms with Crippen LogP contribution in [0.2, 0.25) is 0 Å². The van der Waals surface area contributed by atoms with Crippen molar-refractivity contribution in [3.63, 3.8) is 0 Å². The van der Waals surface area contributed by atoms with Gasteiger partial charge in [-0.3, -0.25) is 14.2 Å². The first-order valence-corrected chi connectivity index (χ1v) is 9.22. The summed E-state index contributed by atoms with van der Waals surface area (Å²) in [5.74, 6) is -0.157. The lowest BCUT2D eigenvalue weighted by molar-refractivity contribution is -0.152. The topological polar surface area (TPSA) is 113 Å². The molecule has 0 bridgehead atoms. The van der Waals surface area contributed by atoms with Crippen molar-refractivity contribution in [3.05, 3.63) is 54.3 Å². The predicted octanol–water partition coefficient (Wildman–Crippen LogP) is 2.42. The number of carbonyl (C=O) groups excluding carboxylic acids is 2. The molecule has 0 spiro atoms. The number of primary amides is 1. The summed E-state index contributed by atoms with van der Waals surface area (Å²) in [5, 5.41) is 8.77. The second-order valence-corrected chi connectivity index (χ2v) is 6.44. The molecule has 0 aliphatic carbocycles. The lowest BCUT2D eigenvalue weighted by Gasteiger charge is -2.14. The van der Waals surface area contributed by atoms with Gasteiger partial charge >= 0.3 is 5.97 Å². The van der Waals surface area contributed by atoms with Gasteiger partial charge in [-0.25, -0.2) is 0 Å². The lowest BCUT2D eigenvalue weighted by Crippen LogP contribution is -2.26. The molecule has 140 valence electrons. The number of aromatic nitrogens is 3. The minimum absolute atomic E-state index is 0.0348. The summed E-state index contributed by atoms with van der Waals surface area (Å²) < 4.78 is 12.4. The number of hydrogen-bond acceptors (Lipinski definition) is 7. The van der Waals surface area contributed by atoms with E-state index in [1.54, 1.807) is 48.7 Å². The molecular weight excluding hydrogens is 368 g/mol. The fourth-order valence-electron chi connectivity index (χ4n) is 2.48. The first-order valence-electron chi connectivity index (χ1n) is 8.23. The number of rotatable bonds is 8. The Balaban J connectivity index is 1.66. The van der Waals surface area contributed by atoms with Crippen LogP contribution in [-0.4, -0.2) is 32.4 Å². The summed E-state index contributed by atoms with van der Waals surface area (Å²) in [4.78, 5) is 23.9. The lowest BCUT2D eigenvalue weighted by atomic mass is 10.1. The van der Waals surface area contributed by atoms with Crippen LogP contribution in [0.25, 0.3) is 11.6 Å². The van der Waals surface area contributed by atoms with Crippen LogP contribution in [0.15, 0.2) is 58.3 Å². The molecule has 3 aromatic rings. The third-order valence-corrected chi connectivity index (χ3v) is 4.64. The number of nitrogens with zero attached hydrogens (tertiary/aromatic N) is 3. The fourth-order valence-corrected chi connectivity index (χ4v) is 3.26. The van der Waals surface area contributed by atoms with Gasteiger partial charge in [0.05, 0.1) is 12.0 Å². The Bertz CT molecular complexity index is 909. The molecule has 27 heavy (non-hydrogen) atoms. The van der Waals surface area contributed by atoms with Gasteiger partial charge < -0.3 is 14.9 Å². The number of carbonyl (C=O) groups is 2. The Kier molecular flexibility index (Phi) is 5.92. The summed E-state index contributed by atoms with van der Waals surface area (Å²) in [6, 6.07) is 12.2. The van der Waals surface area contributed by atoms with Gasteiger partial charge in [0.2, 0.25) is 6.10 Å². The third-order valence-electron chi connectivity index (χ3n) is 3.70. The van der Waals surface area contributed by atoms with E-state index < -0.39 is 18.0 Å². The molecule has 1 amide bonds. The van der Waals surface area contributed by atoms with Gasteiger partial charge in [0, 0.05) is 12.1 Å². The van der Waals surface area contributed by atoms with Crippen LogP contribution in [0.3, 0.4) is 0 Å². The monoisotopic (exact) mass is 386 g/mol. The van der Waals surface area contributed by atoms with E-state index in [0.29, 0.717) is 28.8 Å². The van der Waals surface area contributed by atoms with Crippen molar-refractivity contribution in [2.24, 2.45) is 5.73 Å². The third kappa shape index (κ3) is 4.37. The molecule has 0 aliphatic heterocycles. The van der Waals surface area contributed by atoms with E-state index in [1.807, 2.05) is 11.5 Å². The molecule has 2 aromatic heterocycles. The zero-order valence-corrected chi connectivity index (χ0v) is 15.4. The van der Waals surface area contributed by atoms with E-state index in [0.717, 1.165) is 0 Å². The number of nitrogens with two attached hydrogens (primary N) is 1. The van der Waals surface area contributed by atoms with Gasteiger partial charge in [-0.1, -0.05) is 42.1 Å². The van der Waals surface area contributed by atoms with Crippen LogP contribution in [0, 0.1) is 0 Å². The average molecular weight is 386 g/mol. The summed E-state index contributed by atoms with van der Waals surface area (Å²) in [7, 11) is 0. The Morgan fingerprint density at radius 2 is 2.00 bits per heavy atom. The second kappa shape index (κ2) is 8.54. The minimum atomic E-state index is -1.12. The quantitative estimate of drug-likeness (QED) is 0.467. The van der Waals surface area contributed by atoms with E-state index in [4.69, 9.17) is 14.9 Å². The van der Waals surface area contributed by atoms with Crippen molar-refractivity contribution >= 4 is 23.6 Å². The molecular formula is C18H18N4O4S. The maximum Gasteiger partial charge on any atom is 0.317 e. The molecule has 3 rings (SSSR count). The number of thioether (sulfide) groups is 1. The highest BCUT2D eigenvalue weighted by Crippen LogP contribution is 2.25. The van der Waals surface area contributed by atoms with Crippen molar-refractivity contribution < 1.29 is 18.7 Å². The van der Waals surface area contributed by atoms with Gasteiger partial charge in [0.25, 0.3) is 5.91 Å². The Morgan fingerprint density at radius 1 is 1.22 bits per heavy atom. The first-order chi connectivity index (χ1) is 13.1. The molecule has 1 atom stereocenters. The number of hydrogen-bond donors (Lipinski definition) is 1. The first kappa shape index (κ1) is 18.7. The molecule has 0 fully saturated rings. The van der Waals surface area contributed by atoms with Gasteiger partial charge in [-0.15, -0.1) is 10.2 Å². The molecule has 0 saturated heterocycles. The Morgan fingerprint density at radius 3 is 2.63 bits per heavy atom. The van der Waals surface area contributed by atoms with Crippen molar-refractivity contribution in [1.29, 1.82) is 0 Å². The fraction of sp³-hybridized carbons (Fsp3) is 0.222. The number of ether oxygens (including phenoxy) is 1. The zero-order chi connectivity index (χ0) is 19.2. The van der Waals surface area contributed by atoms with Crippen molar-refractivity contribution in [2.75, 3.05) is 5.75 Å². The molecule has 1 unspecified atom stereocenters. The summed E-state index contributed by atoms with van der Waals surface area (Å²) in [6.45, 7) is 2.55. The number of esters is 1. The van der Waals surface area contributed by atoms with Crippen LogP contribution < -0.4 is 5.73 Å². The van der Waals surface area contributed by atoms with E-state index >= 15 is 0 Å². The molecule has 0 saturated carbocycles. The van der Waals surface area contributed by atoms with Crippen molar-refractivity contribution in [3.8, 4) is 11.6 Å². The maximum atomic E-state index is 12.2. The van der Waals surface area contributed by atoms with Gasteiger partial charge in [0.15, 0.2) is 16.7 Å². The summed E-state index contributed by atoms with van der Waals surface area (Å²) >= 11 is 1.17. The number of furan rings is 1. The van der Waals surface area contributed by atoms with Gasteiger partial charge in [-0.2, -0.15) is 0 Å². The smallest absolute Gasteiger partial charge is 0.317 e. The van der Waals surface area contributed by atoms with E-state index in [1.165, 1.54) is 11.8 Å². The van der Waals surface area contributed by atoms with Crippen LogP contribution in [-0.2, 0) is 20.9 Å². The number of amides is 1. The minimum Gasteiger partial charge on any atom is -0.461 e. The summed E-state index contributed by atoms with van der Waals surface area (Å²) in [5.41, 5.74) is 5.90. The molecule has 8 nitrogen and oxygen atoms in total. The normalized spacial score (nSPS) is 11.9. The largest absolute Gasteiger partial charge is 0.461 e. The average Bonchev–Trinajstić information content (AvgIpc) is 3.33. The van der Waals surface area contributed by atoms with E-state index in [2.05, 4.69) is 10.2 Å². The molecule has 9 heteroatoms. The molecule has 2 heterocycles. The SMILES string of the molecule is CCn1c(SCC(=O)OC(C(N)=O)c2ccccc2)nnc1-c1ccco1. The molecule has 1 aromatic carbocycles. The highest BCUT2D eigenvalue weighted by atomic mass is 32.2. The van der Waals surface area contributed by atoms with Gasteiger partial charge in [0.1, 0.15) is 0 Å².